The van der Waals surface area contributed by atoms with Crippen molar-refractivity contribution in [2.45, 2.75) is 19.9 Å². The summed E-state index contributed by atoms with van der Waals surface area (Å²) in [6.07, 6.45) is 1.13. The number of nitrogen functional groups attached to an aromatic ring is 1. The maximum absolute atomic E-state index is 5.86. The second-order valence-corrected chi connectivity index (χ2v) is 6.16. The summed E-state index contributed by atoms with van der Waals surface area (Å²) in [4.78, 5) is 3.73. The Hall–Kier alpha value is -1.00. The molecule has 0 aliphatic heterocycles. The highest BCUT2D eigenvalue weighted by Crippen LogP contribution is 2.25. The molecule has 1 aromatic carbocycles. The first kappa shape index (κ1) is 13.4. The maximum Gasteiger partial charge on any atom is 0.0523 e. The van der Waals surface area contributed by atoms with E-state index in [0.717, 1.165) is 29.7 Å². The van der Waals surface area contributed by atoms with Gasteiger partial charge in [-0.2, -0.15) is 0 Å². The molecular weight excluding hydrogens is 308 g/mol. The van der Waals surface area contributed by atoms with Crippen molar-refractivity contribution in [3.63, 3.8) is 0 Å². The van der Waals surface area contributed by atoms with Crippen LogP contribution in [0.15, 0.2) is 40.2 Å². The minimum absolute atomic E-state index is 0.820. The second kappa shape index (κ2) is 6.25. The lowest BCUT2D eigenvalue weighted by atomic mass is 10.2. The highest BCUT2D eigenvalue weighted by Gasteiger charge is 2.08. The number of rotatable bonds is 5. The number of hydrogen-bond acceptors (Lipinski definition) is 3. The summed E-state index contributed by atoms with van der Waals surface area (Å²) in [7, 11) is 0. The monoisotopic (exact) mass is 324 g/mol. The summed E-state index contributed by atoms with van der Waals surface area (Å²) in [5.41, 5.74) is 7.87. The van der Waals surface area contributed by atoms with E-state index in [9.17, 15) is 0 Å². The van der Waals surface area contributed by atoms with E-state index in [1.54, 1.807) is 11.3 Å². The Labute approximate surface area is 121 Å². The summed E-state index contributed by atoms with van der Waals surface area (Å²) in [5, 5.41) is 2.12. The van der Waals surface area contributed by atoms with E-state index in [1.165, 1.54) is 10.6 Å². The smallest absolute Gasteiger partial charge is 0.0523 e. The van der Waals surface area contributed by atoms with Gasteiger partial charge in [0.25, 0.3) is 0 Å². The lowest BCUT2D eigenvalue weighted by Crippen LogP contribution is -2.22. The predicted molar refractivity (Wildman–Crippen MR) is 84.2 cm³/mol. The van der Waals surface area contributed by atoms with Gasteiger partial charge in [-0.15, -0.1) is 11.3 Å². The van der Waals surface area contributed by atoms with Crippen LogP contribution in [0, 0.1) is 0 Å². The molecule has 2 aromatic rings. The number of halogens is 1. The maximum atomic E-state index is 5.86. The van der Waals surface area contributed by atoms with Gasteiger partial charge in [-0.3, -0.25) is 0 Å². The zero-order valence-electron chi connectivity index (χ0n) is 10.4. The Morgan fingerprint density at radius 3 is 2.78 bits per heavy atom. The number of nitrogens with two attached hydrogens (primary N) is 1. The number of nitrogens with zero attached hydrogens (tertiary/aromatic N) is 1. The van der Waals surface area contributed by atoms with Gasteiger partial charge in [-0.1, -0.05) is 13.0 Å². The molecule has 4 heteroatoms. The van der Waals surface area contributed by atoms with Gasteiger partial charge < -0.3 is 10.6 Å². The van der Waals surface area contributed by atoms with Crippen LogP contribution in [0.25, 0.3) is 0 Å². The molecule has 0 atom stereocenters. The molecule has 0 unspecified atom stereocenters. The van der Waals surface area contributed by atoms with Crippen LogP contribution in [-0.4, -0.2) is 6.54 Å². The van der Waals surface area contributed by atoms with E-state index in [-0.39, 0.29) is 0 Å². The molecular formula is C14H17BrN2S. The molecule has 0 saturated carbocycles. The lowest BCUT2D eigenvalue weighted by Gasteiger charge is -2.24. The van der Waals surface area contributed by atoms with Gasteiger partial charge in [0.2, 0.25) is 0 Å². The first-order valence-corrected chi connectivity index (χ1v) is 7.69. The summed E-state index contributed by atoms with van der Waals surface area (Å²) < 4.78 is 1.16. The molecule has 0 aliphatic carbocycles. The third-order valence-electron chi connectivity index (χ3n) is 2.70. The fourth-order valence-corrected chi connectivity index (χ4v) is 3.38. The quantitative estimate of drug-likeness (QED) is 0.820. The van der Waals surface area contributed by atoms with E-state index < -0.39 is 0 Å². The molecule has 0 radical (unpaired) electrons. The number of anilines is 2. The minimum atomic E-state index is 0.820. The van der Waals surface area contributed by atoms with E-state index in [4.69, 9.17) is 5.73 Å². The first-order valence-electron chi connectivity index (χ1n) is 6.02. The van der Waals surface area contributed by atoms with E-state index in [0.29, 0.717) is 0 Å². The molecule has 0 fully saturated rings. The summed E-state index contributed by atoms with van der Waals surface area (Å²) in [6.45, 7) is 4.18. The van der Waals surface area contributed by atoms with E-state index in [1.807, 2.05) is 18.2 Å². The van der Waals surface area contributed by atoms with Gasteiger partial charge in [0.15, 0.2) is 0 Å². The number of thiophene rings is 1. The average molecular weight is 325 g/mol. The molecule has 96 valence electrons. The topological polar surface area (TPSA) is 29.3 Å². The van der Waals surface area contributed by atoms with Crippen LogP contribution < -0.4 is 10.6 Å². The Kier molecular flexibility index (Phi) is 4.66. The Morgan fingerprint density at radius 2 is 2.17 bits per heavy atom. The molecule has 0 amide bonds. The van der Waals surface area contributed by atoms with Gasteiger partial charge in [-0.25, -0.2) is 0 Å². The van der Waals surface area contributed by atoms with Crippen LogP contribution in [-0.2, 0) is 6.54 Å². The molecule has 2 nitrogen and oxygen atoms in total. The Bertz CT molecular complexity index is 510. The summed E-state index contributed by atoms with van der Waals surface area (Å²) in [6, 6.07) is 10.3. The van der Waals surface area contributed by atoms with Crippen LogP contribution in [0.3, 0.4) is 0 Å². The molecule has 0 spiro atoms. The third kappa shape index (κ3) is 3.50. The molecule has 0 aliphatic rings. The van der Waals surface area contributed by atoms with E-state index >= 15 is 0 Å². The molecule has 2 N–H and O–H groups in total. The van der Waals surface area contributed by atoms with Crippen molar-refractivity contribution in [1.29, 1.82) is 0 Å². The lowest BCUT2D eigenvalue weighted by molar-refractivity contribution is 0.774. The second-order valence-electron chi connectivity index (χ2n) is 4.25. The van der Waals surface area contributed by atoms with Crippen molar-refractivity contribution < 1.29 is 0 Å². The number of benzene rings is 1. The molecule has 2 rings (SSSR count). The van der Waals surface area contributed by atoms with Crippen molar-refractivity contribution in [3.05, 3.63) is 45.1 Å². The largest absolute Gasteiger partial charge is 0.399 e. The SMILES string of the molecule is CCCN(Cc1cc(Br)cs1)c1cccc(N)c1. The third-order valence-corrected chi connectivity index (χ3v) is 4.38. The van der Waals surface area contributed by atoms with Gasteiger partial charge in [0.1, 0.15) is 0 Å². The van der Waals surface area contributed by atoms with Crippen LogP contribution in [0.1, 0.15) is 18.2 Å². The van der Waals surface area contributed by atoms with Crippen LogP contribution >= 0.6 is 27.3 Å². The molecule has 1 heterocycles. The van der Waals surface area contributed by atoms with Crippen LogP contribution in [0.5, 0.6) is 0 Å². The van der Waals surface area contributed by atoms with E-state index in [2.05, 4.69) is 45.3 Å². The highest BCUT2D eigenvalue weighted by molar-refractivity contribution is 9.10. The van der Waals surface area contributed by atoms with Crippen molar-refractivity contribution >= 4 is 38.6 Å². The van der Waals surface area contributed by atoms with Crippen molar-refractivity contribution in [3.8, 4) is 0 Å². The number of hydrogen-bond donors (Lipinski definition) is 1. The van der Waals surface area contributed by atoms with Gasteiger partial charge in [0.05, 0.1) is 6.54 Å². The van der Waals surface area contributed by atoms with Crippen molar-refractivity contribution in [2.24, 2.45) is 0 Å². The van der Waals surface area contributed by atoms with Gasteiger partial charge in [0, 0.05) is 32.6 Å². The fourth-order valence-electron chi connectivity index (χ4n) is 1.92. The molecule has 18 heavy (non-hydrogen) atoms. The average Bonchev–Trinajstić information content (AvgIpc) is 2.74. The summed E-state index contributed by atoms with van der Waals surface area (Å²) in [5.74, 6) is 0. The van der Waals surface area contributed by atoms with Crippen molar-refractivity contribution in [2.75, 3.05) is 17.2 Å². The normalized spacial score (nSPS) is 10.6. The first-order chi connectivity index (χ1) is 8.69. The zero-order chi connectivity index (χ0) is 13.0. The Morgan fingerprint density at radius 1 is 1.33 bits per heavy atom. The highest BCUT2D eigenvalue weighted by atomic mass is 79.9. The fraction of sp³-hybridized carbons (Fsp3) is 0.286. The molecule has 0 saturated heterocycles. The standard InChI is InChI=1S/C14H17BrN2S/c1-2-6-17(9-14-7-11(15)10-18-14)13-5-3-4-12(16)8-13/h3-5,7-8,10H,2,6,9,16H2,1H3. The predicted octanol–water partition coefficient (Wildman–Crippen LogP) is 4.51. The minimum Gasteiger partial charge on any atom is -0.399 e. The van der Waals surface area contributed by atoms with Crippen LogP contribution in [0.2, 0.25) is 0 Å². The molecule has 0 bridgehead atoms. The van der Waals surface area contributed by atoms with Gasteiger partial charge >= 0.3 is 0 Å². The van der Waals surface area contributed by atoms with Crippen molar-refractivity contribution in [1.82, 2.24) is 0 Å². The Balaban J connectivity index is 2.17. The molecule has 1 aromatic heterocycles. The van der Waals surface area contributed by atoms with Crippen LogP contribution in [0.4, 0.5) is 11.4 Å². The summed E-state index contributed by atoms with van der Waals surface area (Å²) >= 11 is 5.28. The zero-order valence-corrected chi connectivity index (χ0v) is 12.8. The van der Waals surface area contributed by atoms with Gasteiger partial charge in [-0.05, 0) is 46.6 Å².